The lowest BCUT2D eigenvalue weighted by Gasteiger charge is -2.03. The second-order valence-electron chi connectivity index (χ2n) is 3.49. The first kappa shape index (κ1) is 16.1. The topological polar surface area (TPSA) is 26.3 Å². The molecule has 0 fully saturated rings. The van der Waals surface area contributed by atoms with Gasteiger partial charge in [-0.2, -0.15) is 0 Å². The fourth-order valence-electron chi connectivity index (χ4n) is 1.17. The third-order valence-corrected chi connectivity index (χ3v) is 4.81. The molecule has 0 aliphatic carbocycles. The van der Waals surface area contributed by atoms with Crippen molar-refractivity contribution in [2.45, 2.75) is 12.2 Å². The molecule has 0 saturated heterocycles. The summed E-state index contributed by atoms with van der Waals surface area (Å²) in [6.07, 6.45) is 5.32. The summed E-state index contributed by atoms with van der Waals surface area (Å²) in [5.74, 6) is 3.46. The quantitative estimate of drug-likeness (QED) is 0.455. The molecule has 19 heavy (non-hydrogen) atoms. The first-order chi connectivity index (χ1) is 9.22. The van der Waals surface area contributed by atoms with Crippen LogP contribution in [0.2, 0.25) is 0 Å². The molecule has 1 aromatic carbocycles. The number of carbonyl (C=O) groups excluding carboxylic acids is 1. The Balaban J connectivity index is 2.12. The summed E-state index contributed by atoms with van der Waals surface area (Å²) in [6, 6.07) is 10.1. The molecule has 0 atom stereocenters. The lowest BCUT2D eigenvalue weighted by molar-refractivity contribution is -0.141. The minimum atomic E-state index is -0.277. The molecule has 100 valence electrons. The zero-order valence-corrected chi connectivity index (χ0v) is 12.8. The van der Waals surface area contributed by atoms with E-state index in [1.165, 1.54) is 17.3 Å². The molecule has 0 heterocycles. The molecule has 0 saturated carbocycles. The smallest absolute Gasteiger partial charge is 0.307 e. The van der Waals surface area contributed by atoms with E-state index in [9.17, 15) is 4.79 Å². The van der Waals surface area contributed by atoms with Crippen LogP contribution in [-0.2, 0) is 15.3 Å². The second-order valence-corrected chi connectivity index (χ2v) is 6.76. The molecule has 0 aliphatic heterocycles. The Bertz CT molecular complexity index is 452. The van der Waals surface area contributed by atoms with Crippen LogP contribution in [0, 0.1) is 12.3 Å². The first-order valence-electron chi connectivity index (χ1n) is 5.65. The third-order valence-electron chi connectivity index (χ3n) is 2.04. The van der Waals surface area contributed by atoms with Crippen LogP contribution in [0.4, 0.5) is 0 Å². The Labute approximate surface area is 127 Å². The molecule has 0 radical (unpaired) electrons. The predicted octanol–water partition coefficient (Wildman–Crippen LogP) is 3.50. The van der Waals surface area contributed by atoms with Crippen molar-refractivity contribution in [3.05, 3.63) is 35.9 Å². The highest BCUT2D eigenvalue weighted by atomic mass is 32.2. The van der Waals surface area contributed by atoms with E-state index in [1.807, 2.05) is 18.2 Å². The molecule has 0 spiro atoms. The van der Waals surface area contributed by atoms with Crippen LogP contribution >= 0.6 is 35.7 Å². The number of terminal acetylenes is 1. The van der Waals surface area contributed by atoms with Crippen LogP contribution in [0.1, 0.15) is 12.0 Å². The van der Waals surface area contributed by atoms with Gasteiger partial charge in [0, 0.05) is 11.5 Å². The van der Waals surface area contributed by atoms with Crippen LogP contribution in [0.5, 0.6) is 0 Å². The monoisotopic (exact) mass is 310 g/mol. The zero-order valence-electron chi connectivity index (χ0n) is 10.3. The van der Waals surface area contributed by atoms with Gasteiger partial charge < -0.3 is 4.74 Å². The number of hydrogen-bond donors (Lipinski definition) is 0. The van der Waals surface area contributed by atoms with Crippen LogP contribution in [0.3, 0.4) is 0 Å². The van der Waals surface area contributed by atoms with Gasteiger partial charge in [0.1, 0.15) is 3.53 Å². The van der Waals surface area contributed by atoms with E-state index in [4.69, 9.17) is 23.4 Å². The molecule has 0 unspecified atom stereocenters. The number of thioether (sulfide) groups is 2. The van der Waals surface area contributed by atoms with Crippen LogP contribution in [0.15, 0.2) is 30.3 Å². The van der Waals surface area contributed by atoms with E-state index < -0.39 is 0 Å². The second kappa shape index (κ2) is 9.90. The van der Waals surface area contributed by atoms with Crippen molar-refractivity contribution in [3.63, 3.8) is 0 Å². The molecule has 0 N–H and O–H groups in total. The lowest BCUT2D eigenvalue weighted by atomic mass is 10.2. The number of ether oxygens (including phenoxy) is 1. The van der Waals surface area contributed by atoms with E-state index in [-0.39, 0.29) is 12.6 Å². The molecule has 5 heteroatoms. The van der Waals surface area contributed by atoms with Gasteiger partial charge in [0.25, 0.3) is 0 Å². The van der Waals surface area contributed by atoms with Crippen LogP contribution in [-0.4, -0.2) is 21.9 Å². The van der Waals surface area contributed by atoms with Crippen molar-refractivity contribution < 1.29 is 9.53 Å². The van der Waals surface area contributed by atoms with Crippen molar-refractivity contribution >= 4 is 45.2 Å². The molecule has 0 bridgehead atoms. The minimum Gasteiger partial charge on any atom is -0.452 e. The van der Waals surface area contributed by atoms with E-state index in [0.29, 0.717) is 12.2 Å². The van der Waals surface area contributed by atoms with Crippen LogP contribution in [0.25, 0.3) is 0 Å². The Morgan fingerprint density at radius 1 is 1.32 bits per heavy atom. The van der Waals surface area contributed by atoms with Crippen molar-refractivity contribution in [2.24, 2.45) is 0 Å². The average Bonchev–Trinajstić information content (AvgIpc) is 2.44. The fraction of sp³-hybridized carbons (Fsp3) is 0.286. The minimum absolute atomic E-state index is 0.0384. The maximum Gasteiger partial charge on any atom is 0.307 e. The molecular formula is C14H14O2S3. The standard InChI is InChI=1S/C14H14O2S3/c1-2-9-16-13(15)8-10-18-14(17)19-11-12-6-4-3-5-7-12/h1,3-7H,8-11H2. The summed E-state index contributed by atoms with van der Waals surface area (Å²) >= 11 is 8.34. The number of hydrogen-bond acceptors (Lipinski definition) is 5. The lowest BCUT2D eigenvalue weighted by Crippen LogP contribution is -2.05. The number of esters is 1. The molecule has 0 amide bonds. The van der Waals surface area contributed by atoms with Gasteiger partial charge in [0.15, 0.2) is 6.61 Å². The predicted molar refractivity (Wildman–Crippen MR) is 87.2 cm³/mol. The number of carbonyl (C=O) groups is 1. The van der Waals surface area contributed by atoms with E-state index in [2.05, 4.69) is 18.1 Å². The molecule has 2 nitrogen and oxygen atoms in total. The third kappa shape index (κ3) is 7.93. The SMILES string of the molecule is C#CCOC(=O)CCSC(=S)SCc1ccccc1. The Kier molecular flexibility index (Phi) is 8.39. The average molecular weight is 310 g/mol. The zero-order chi connectivity index (χ0) is 13.9. The van der Waals surface area contributed by atoms with Gasteiger partial charge in [-0.25, -0.2) is 0 Å². The van der Waals surface area contributed by atoms with Gasteiger partial charge in [-0.1, -0.05) is 48.5 Å². The van der Waals surface area contributed by atoms with Gasteiger partial charge in [0.2, 0.25) is 0 Å². The van der Waals surface area contributed by atoms with E-state index in [0.717, 1.165) is 9.28 Å². The van der Waals surface area contributed by atoms with E-state index >= 15 is 0 Å². The maximum atomic E-state index is 11.2. The van der Waals surface area contributed by atoms with E-state index in [1.54, 1.807) is 11.8 Å². The summed E-state index contributed by atoms with van der Waals surface area (Å²) in [5, 5.41) is 0. The fourth-order valence-corrected chi connectivity index (χ4v) is 3.27. The molecule has 1 rings (SSSR count). The normalized spacial score (nSPS) is 9.63. The molecular weight excluding hydrogens is 296 g/mol. The number of rotatable bonds is 6. The summed E-state index contributed by atoms with van der Waals surface area (Å²) < 4.78 is 5.61. The highest BCUT2D eigenvalue weighted by molar-refractivity contribution is 8.46. The highest BCUT2D eigenvalue weighted by Crippen LogP contribution is 2.22. The molecule has 0 aromatic heterocycles. The van der Waals surface area contributed by atoms with Crippen molar-refractivity contribution in [1.82, 2.24) is 0 Å². The summed E-state index contributed by atoms with van der Waals surface area (Å²) in [5.41, 5.74) is 1.24. The maximum absolute atomic E-state index is 11.2. The molecule has 0 aliphatic rings. The van der Waals surface area contributed by atoms with Crippen molar-refractivity contribution in [1.29, 1.82) is 0 Å². The Morgan fingerprint density at radius 3 is 2.74 bits per heavy atom. The van der Waals surface area contributed by atoms with Gasteiger partial charge in [-0.05, 0) is 5.56 Å². The highest BCUT2D eigenvalue weighted by Gasteiger charge is 2.05. The first-order valence-corrected chi connectivity index (χ1v) is 8.03. The summed E-state index contributed by atoms with van der Waals surface area (Å²) in [7, 11) is 0. The summed E-state index contributed by atoms with van der Waals surface area (Å²) in [4.78, 5) is 11.2. The molecule has 1 aromatic rings. The van der Waals surface area contributed by atoms with Gasteiger partial charge in [0.05, 0.1) is 6.42 Å². The van der Waals surface area contributed by atoms with Gasteiger partial charge in [-0.3, -0.25) is 4.79 Å². The number of benzene rings is 1. The van der Waals surface area contributed by atoms with Crippen molar-refractivity contribution in [2.75, 3.05) is 12.4 Å². The van der Waals surface area contributed by atoms with Crippen LogP contribution < -0.4 is 0 Å². The Morgan fingerprint density at radius 2 is 2.05 bits per heavy atom. The van der Waals surface area contributed by atoms with Gasteiger partial charge >= 0.3 is 5.97 Å². The van der Waals surface area contributed by atoms with Crippen molar-refractivity contribution in [3.8, 4) is 12.3 Å². The van der Waals surface area contributed by atoms with Gasteiger partial charge in [-0.15, -0.1) is 29.9 Å². The largest absolute Gasteiger partial charge is 0.452 e. The number of thiocarbonyl (C=S) groups is 1. The Hall–Kier alpha value is -0.960. The summed E-state index contributed by atoms with van der Waals surface area (Å²) in [6.45, 7) is 0.0384.